The summed E-state index contributed by atoms with van der Waals surface area (Å²) in [6.45, 7) is 0. The number of carbonyl (C=O) groups excluding carboxylic acids is 1. The predicted octanol–water partition coefficient (Wildman–Crippen LogP) is 0.981. The number of H-pyrrole nitrogens is 1. The highest BCUT2D eigenvalue weighted by Gasteiger charge is 2.29. The lowest BCUT2D eigenvalue weighted by Gasteiger charge is -2.33. The Bertz CT molecular complexity index is 1010. The Morgan fingerprint density at radius 1 is 1.24 bits per heavy atom. The third-order valence-corrected chi connectivity index (χ3v) is 4.50. The van der Waals surface area contributed by atoms with Gasteiger partial charge in [-0.15, -0.1) is 0 Å². The Hall–Kier alpha value is -3.73. The predicted molar refractivity (Wildman–Crippen MR) is 104 cm³/mol. The van der Waals surface area contributed by atoms with Gasteiger partial charge in [-0.1, -0.05) is 0 Å². The number of amides is 1. The number of pyridine rings is 1. The van der Waals surface area contributed by atoms with Gasteiger partial charge in [-0.25, -0.2) is 15.0 Å². The molecule has 0 aromatic carbocycles. The molecule has 11 nitrogen and oxygen atoms in total. The van der Waals surface area contributed by atoms with Crippen LogP contribution in [0.1, 0.15) is 23.3 Å². The summed E-state index contributed by atoms with van der Waals surface area (Å²) >= 11 is 0. The first-order valence-corrected chi connectivity index (χ1v) is 8.93. The number of nitrogens with zero attached hydrogens (tertiary/aromatic N) is 4. The van der Waals surface area contributed by atoms with Crippen LogP contribution in [-0.4, -0.2) is 50.3 Å². The maximum Gasteiger partial charge on any atom is 0.268 e. The summed E-state index contributed by atoms with van der Waals surface area (Å²) in [6.07, 6.45) is 5.99. The van der Waals surface area contributed by atoms with Gasteiger partial charge in [0.1, 0.15) is 28.9 Å². The van der Waals surface area contributed by atoms with E-state index in [1.807, 2.05) is 0 Å². The molecular formula is C18H20N8O3. The first kappa shape index (κ1) is 18.6. The van der Waals surface area contributed by atoms with E-state index in [4.69, 9.17) is 20.9 Å². The van der Waals surface area contributed by atoms with E-state index in [2.05, 4.69) is 30.5 Å². The van der Waals surface area contributed by atoms with Gasteiger partial charge in [0.2, 0.25) is 5.88 Å². The molecule has 0 radical (unpaired) electrons. The number of nitrogens with one attached hydrogen (secondary N) is 2. The van der Waals surface area contributed by atoms with Crippen molar-refractivity contribution in [2.45, 2.75) is 25.0 Å². The number of hydrogen-bond acceptors (Lipinski definition) is 9. The molecule has 4 rings (SSSR count). The molecule has 1 aliphatic rings. The van der Waals surface area contributed by atoms with Crippen LogP contribution < -0.4 is 26.3 Å². The van der Waals surface area contributed by atoms with Crippen molar-refractivity contribution in [3.63, 3.8) is 0 Å². The van der Waals surface area contributed by atoms with Gasteiger partial charge in [0.25, 0.3) is 5.91 Å². The van der Waals surface area contributed by atoms with Crippen LogP contribution in [0.3, 0.4) is 0 Å². The van der Waals surface area contributed by atoms with Gasteiger partial charge in [0.15, 0.2) is 5.82 Å². The molecule has 6 N–H and O–H groups in total. The van der Waals surface area contributed by atoms with Gasteiger partial charge >= 0.3 is 0 Å². The molecule has 0 bridgehead atoms. The molecule has 0 saturated heterocycles. The zero-order chi connectivity index (χ0) is 20.4. The number of methoxy groups -OCH3 is 1. The van der Waals surface area contributed by atoms with Crippen molar-refractivity contribution in [1.82, 2.24) is 25.1 Å². The Labute approximate surface area is 165 Å². The van der Waals surface area contributed by atoms with Crippen molar-refractivity contribution in [3.05, 3.63) is 36.4 Å². The maximum absolute atomic E-state index is 11.1. The fourth-order valence-corrected chi connectivity index (χ4v) is 2.97. The zero-order valence-electron chi connectivity index (χ0n) is 15.6. The minimum atomic E-state index is -0.644. The summed E-state index contributed by atoms with van der Waals surface area (Å²) in [6, 6.07) is 3.73. The van der Waals surface area contributed by atoms with Gasteiger partial charge in [-0.3, -0.25) is 9.89 Å². The first-order valence-electron chi connectivity index (χ1n) is 8.93. The number of aromatic amines is 1. The van der Waals surface area contributed by atoms with Crippen LogP contribution in [0, 0.1) is 0 Å². The highest BCUT2D eigenvalue weighted by molar-refractivity contribution is 5.90. The smallest absolute Gasteiger partial charge is 0.268 e. The molecule has 11 heteroatoms. The van der Waals surface area contributed by atoms with Crippen molar-refractivity contribution in [2.24, 2.45) is 11.5 Å². The molecule has 3 aromatic heterocycles. The number of aromatic nitrogens is 5. The lowest BCUT2D eigenvalue weighted by Crippen LogP contribution is -2.43. The van der Waals surface area contributed by atoms with Crippen molar-refractivity contribution in [3.8, 4) is 22.9 Å². The number of nitrogens with two attached hydrogens (primary N) is 2. The highest BCUT2D eigenvalue weighted by atomic mass is 16.5. The maximum atomic E-state index is 11.1. The van der Waals surface area contributed by atoms with E-state index in [1.165, 1.54) is 12.4 Å². The van der Waals surface area contributed by atoms with Gasteiger partial charge < -0.3 is 26.3 Å². The van der Waals surface area contributed by atoms with E-state index in [-0.39, 0.29) is 17.8 Å². The molecule has 29 heavy (non-hydrogen) atoms. The summed E-state index contributed by atoms with van der Waals surface area (Å²) < 4.78 is 11.5. The molecule has 3 aromatic rings. The number of anilines is 2. The molecule has 1 aliphatic carbocycles. The van der Waals surface area contributed by atoms with Crippen LogP contribution in [0.5, 0.6) is 11.6 Å². The van der Waals surface area contributed by atoms with Crippen molar-refractivity contribution in [2.75, 3.05) is 12.4 Å². The van der Waals surface area contributed by atoms with Crippen LogP contribution in [0.4, 0.5) is 11.6 Å². The number of rotatable bonds is 7. The van der Waals surface area contributed by atoms with Gasteiger partial charge in [-0.2, -0.15) is 5.10 Å². The Balaban J connectivity index is 1.57. The van der Waals surface area contributed by atoms with Crippen molar-refractivity contribution < 1.29 is 14.3 Å². The normalized spacial score (nSPS) is 18.0. The van der Waals surface area contributed by atoms with E-state index >= 15 is 0 Å². The average molecular weight is 396 g/mol. The fraction of sp³-hybridized carbons (Fsp3) is 0.278. The second kappa shape index (κ2) is 7.72. The highest BCUT2D eigenvalue weighted by Crippen LogP contribution is 2.38. The summed E-state index contributed by atoms with van der Waals surface area (Å²) in [5.74, 6) is 1.30. The zero-order valence-corrected chi connectivity index (χ0v) is 15.6. The molecule has 1 fully saturated rings. The monoisotopic (exact) mass is 396 g/mol. The Kier molecular flexibility index (Phi) is 4.96. The summed E-state index contributed by atoms with van der Waals surface area (Å²) in [5.41, 5.74) is 12.4. The SMILES string of the molecule is COc1nccc(OC2CC(N)C2)c1-c1cc(Nc2cnc(C(N)=O)cn2)n[nH]1. The Morgan fingerprint density at radius 3 is 2.72 bits per heavy atom. The number of carbonyl (C=O) groups is 1. The van der Waals surface area contributed by atoms with E-state index in [9.17, 15) is 4.79 Å². The number of ether oxygens (including phenoxy) is 2. The summed E-state index contributed by atoms with van der Waals surface area (Å²) in [4.78, 5) is 23.4. The minimum absolute atomic E-state index is 0.0652. The molecule has 1 saturated carbocycles. The lowest BCUT2D eigenvalue weighted by molar-refractivity contribution is 0.0994. The molecule has 150 valence electrons. The van der Waals surface area contributed by atoms with Crippen LogP contribution in [-0.2, 0) is 0 Å². The molecule has 0 unspecified atom stereocenters. The Morgan fingerprint density at radius 2 is 2.07 bits per heavy atom. The lowest BCUT2D eigenvalue weighted by atomic mass is 9.90. The summed E-state index contributed by atoms with van der Waals surface area (Å²) in [7, 11) is 1.54. The second-order valence-electron chi connectivity index (χ2n) is 6.61. The van der Waals surface area contributed by atoms with Crippen LogP contribution in [0.15, 0.2) is 30.7 Å². The molecular weight excluding hydrogens is 376 g/mol. The van der Waals surface area contributed by atoms with Crippen molar-refractivity contribution in [1.29, 1.82) is 0 Å². The average Bonchev–Trinajstić information content (AvgIpc) is 3.15. The molecule has 0 atom stereocenters. The second-order valence-corrected chi connectivity index (χ2v) is 6.61. The largest absolute Gasteiger partial charge is 0.489 e. The quantitative estimate of drug-likeness (QED) is 0.455. The molecule has 0 aliphatic heterocycles. The van der Waals surface area contributed by atoms with E-state index in [1.54, 1.807) is 25.4 Å². The van der Waals surface area contributed by atoms with Gasteiger partial charge in [0.05, 0.1) is 25.2 Å². The van der Waals surface area contributed by atoms with E-state index in [0.29, 0.717) is 34.5 Å². The molecule has 1 amide bonds. The topological polar surface area (TPSA) is 167 Å². The third kappa shape index (κ3) is 3.94. The molecule has 0 spiro atoms. The van der Waals surface area contributed by atoms with E-state index < -0.39 is 5.91 Å². The van der Waals surface area contributed by atoms with Crippen LogP contribution in [0.25, 0.3) is 11.3 Å². The standard InChI is InChI=1S/C18H20N8O3/c1-28-18-16(13(2-3-21-18)29-10-4-9(19)5-10)11-6-14(26-25-11)24-15-8-22-12(7-23-15)17(20)27/h2-3,6-10H,4-5,19H2,1H3,(H2,20,27)(H2,23,24,25,26). The third-order valence-electron chi connectivity index (χ3n) is 4.50. The fourth-order valence-electron chi connectivity index (χ4n) is 2.97. The van der Waals surface area contributed by atoms with E-state index in [0.717, 1.165) is 12.8 Å². The van der Waals surface area contributed by atoms with Gasteiger partial charge in [0, 0.05) is 18.3 Å². The van der Waals surface area contributed by atoms with Crippen molar-refractivity contribution >= 4 is 17.5 Å². The molecule has 3 heterocycles. The number of hydrogen-bond donors (Lipinski definition) is 4. The summed E-state index contributed by atoms with van der Waals surface area (Å²) in [5, 5.41) is 10.2. The number of primary amides is 1. The first-order chi connectivity index (χ1) is 14.0. The van der Waals surface area contributed by atoms with Crippen LogP contribution in [0.2, 0.25) is 0 Å². The van der Waals surface area contributed by atoms with Gasteiger partial charge in [-0.05, 0) is 18.9 Å². The minimum Gasteiger partial charge on any atom is -0.489 e. The van der Waals surface area contributed by atoms with Crippen LogP contribution >= 0.6 is 0 Å².